The minimum atomic E-state index is -0.509. The molecule has 0 aliphatic carbocycles. The lowest BCUT2D eigenvalue weighted by Gasteiger charge is -2.40. The third-order valence-electron chi connectivity index (χ3n) is 6.54. The standard InChI is InChI=1S/C31H36FN3O4/c1-22-20-34(18-19-35(22)30(37)39-31(2,3)4)21-23-10-14-25(15-11-23)33(5)29(36)24-12-16-26(17-13-24)38-28-9-7-6-8-27(28)32/h6-17,22H,18-21H2,1-5H3/t22-/m0/s1. The Labute approximate surface area is 229 Å². The third kappa shape index (κ3) is 7.35. The predicted octanol–water partition coefficient (Wildman–Crippen LogP) is 6.34. The molecule has 7 nitrogen and oxygen atoms in total. The van der Waals surface area contributed by atoms with E-state index >= 15 is 0 Å². The van der Waals surface area contributed by atoms with Gasteiger partial charge in [-0.25, -0.2) is 9.18 Å². The normalized spacial score (nSPS) is 16.1. The van der Waals surface area contributed by atoms with E-state index in [1.165, 1.54) is 6.07 Å². The quantitative estimate of drug-likeness (QED) is 0.370. The van der Waals surface area contributed by atoms with Crippen LogP contribution in [-0.2, 0) is 11.3 Å². The minimum absolute atomic E-state index is 0.0557. The Morgan fingerprint density at radius 3 is 2.26 bits per heavy atom. The summed E-state index contributed by atoms with van der Waals surface area (Å²) in [6.07, 6.45) is -0.265. The molecule has 1 fully saturated rings. The van der Waals surface area contributed by atoms with E-state index in [1.54, 1.807) is 59.3 Å². The van der Waals surface area contributed by atoms with Crippen LogP contribution in [0, 0.1) is 5.82 Å². The van der Waals surface area contributed by atoms with Gasteiger partial charge in [0.15, 0.2) is 11.6 Å². The molecular formula is C31H36FN3O4. The number of hydrogen-bond donors (Lipinski definition) is 0. The van der Waals surface area contributed by atoms with Crippen molar-refractivity contribution in [2.24, 2.45) is 0 Å². The van der Waals surface area contributed by atoms with Crippen LogP contribution in [0.1, 0.15) is 43.6 Å². The average molecular weight is 534 g/mol. The van der Waals surface area contributed by atoms with Gasteiger partial charge in [-0.15, -0.1) is 0 Å². The smallest absolute Gasteiger partial charge is 0.410 e. The molecule has 1 heterocycles. The van der Waals surface area contributed by atoms with Crippen molar-refractivity contribution >= 4 is 17.7 Å². The Morgan fingerprint density at radius 1 is 0.974 bits per heavy atom. The molecule has 0 radical (unpaired) electrons. The number of carbonyl (C=O) groups is 2. The van der Waals surface area contributed by atoms with Gasteiger partial charge in [-0.2, -0.15) is 0 Å². The highest BCUT2D eigenvalue weighted by atomic mass is 19.1. The van der Waals surface area contributed by atoms with Gasteiger partial charge < -0.3 is 19.3 Å². The van der Waals surface area contributed by atoms with Gasteiger partial charge in [0.05, 0.1) is 0 Å². The third-order valence-corrected chi connectivity index (χ3v) is 6.54. The molecule has 0 spiro atoms. The number of benzene rings is 3. The van der Waals surface area contributed by atoms with E-state index in [1.807, 2.05) is 52.0 Å². The second kappa shape index (κ2) is 11.9. The van der Waals surface area contributed by atoms with E-state index in [9.17, 15) is 14.0 Å². The molecule has 1 aliphatic rings. The molecule has 3 aromatic rings. The number of anilines is 1. The lowest BCUT2D eigenvalue weighted by atomic mass is 10.1. The molecule has 0 bridgehead atoms. The van der Waals surface area contributed by atoms with Crippen LogP contribution in [0.5, 0.6) is 11.5 Å². The maximum atomic E-state index is 13.8. The molecule has 2 amide bonds. The van der Waals surface area contributed by atoms with E-state index < -0.39 is 11.4 Å². The number of carbonyl (C=O) groups excluding carboxylic acids is 2. The van der Waals surface area contributed by atoms with E-state index in [0.29, 0.717) is 17.9 Å². The second-order valence-corrected chi connectivity index (χ2v) is 10.8. The van der Waals surface area contributed by atoms with Gasteiger partial charge in [0.25, 0.3) is 5.91 Å². The monoisotopic (exact) mass is 533 g/mol. The lowest BCUT2D eigenvalue weighted by molar-refractivity contribution is 0.000550. The van der Waals surface area contributed by atoms with Gasteiger partial charge in [-0.1, -0.05) is 24.3 Å². The first-order valence-corrected chi connectivity index (χ1v) is 13.1. The number of halogens is 1. The van der Waals surface area contributed by atoms with Crippen molar-refractivity contribution in [1.29, 1.82) is 0 Å². The van der Waals surface area contributed by atoms with Crippen molar-refractivity contribution in [3.05, 3.63) is 89.7 Å². The van der Waals surface area contributed by atoms with Gasteiger partial charge in [0.1, 0.15) is 11.4 Å². The molecule has 0 aromatic heterocycles. The van der Waals surface area contributed by atoms with Gasteiger partial charge in [-0.3, -0.25) is 9.69 Å². The van der Waals surface area contributed by atoms with Crippen LogP contribution in [0.4, 0.5) is 14.9 Å². The number of hydrogen-bond acceptors (Lipinski definition) is 5. The van der Waals surface area contributed by atoms with Crippen LogP contribution in [0.2, 0.25) is 0 Å². The molecule has 1 saturated heterocycles. The van der Waals surface area contributed by atoms with E-state index in [-0.39, 0.29) is 23.8 Å². The summed E-state index contributed by atoms with van der Waals surface area (Å²) < 4.78 is 25.0. The first-order valence-electron chi connectivity index (χ1n) is 13.1. The molecule has 8 heteroatoms. The Hall–Kier alpha value is -3.91. The summed E-state index contributed by atoms with van der Waals surface area (Å²) >= 11 is 0. The Balaban J connectivity index is 1.31. The zero-order valence-electron chi connectivity index (χ0n) is 23.2. The molecule has 1 aliphatic heterocycles. The number of para-hydroxylation sites is 1. The largest absolute Gasteiger partial charge is 0.454 e. The van der Waals surface area contributed by atoms with Crippen molar-refractivity contribution < 1.29 is 23.5 Å². The topological polar surface area (TPSA) is 62.3 Å². The summed E-state index contributed by atoms with van der Waals surface area (Å²) in [5, 5.41) is 0. The number of ether oxygens (including phenoxy) is 2. The van der Waals surface area contributed by atoms with E-state index in [0.717, 1.165) is 30.9 Å². The van der Waals surface area contributed by atoms with Gasteiger partial charge in [-0.05, 0) is 81.8 Å². The van der Waals surface area contributed by atoms with Crippen molar-refractivity contribution in [1.82, 2.24) is 9.80 Å². The van der Waals surface area contributed by atoms with Crippen LogP contribution in [-0.4, -0.2) is 60.1 Å². The minimum Gasteiger partial charge on any atom is -0.454 e. The Bertz CT molecular complexity index is 1290. The summed E-state index contributed by atoms with van der Waals surface area (Å²) in [6.45, 7) is 10.6. The highest BCUT2D eigenvalue weighted by Crippen LogP contribution is 2.25. The van der Waals surface area contributed by atoms with Crippen molar-refractivity contribution in [3.63, 3.8) is 0 Å². The summed E-state index contributed by atoms with van der Waals surface area (Å²) in [5.74, 6) is -0.0243. The van der Waals surface area contributed by atoms with E-state index in [4.69, 9.17) is 9.47 Å². The van der Waals surface area contributed by atoms with Gasteiger partial charge in [0.2, 0.25) is 0 Å². The molecule has 0 unspecified atom stereocenters. The first kappa shape index (κ1) is 28.1. The highest BCUT2D eigenvalue weighted by Gasteiger charge is 2.30. The zero-order chi connectivity index (χ0) is 28.2. The summed E-state index contributed by atoms with van der Waals surface area (Å²) in [5.41, 5.74) is 1.90. The fourth-order valence-corrected chi connectivity index (χ4v) is 4.48. The number of piperazine rings is 1. The molecule has 4 rings (SSSR count). The highest BCUT2D eigenvalue weighted by molar-refractivity contribution is 6.05. The zero-order valence-corrected chi connectivity index (χ0v) is 23.2. The predicted molar refractivity (Wildman–Crippen MR) is 150 cm³/mol. The molecular weight excluding hydrogens is 497 g/mol. The molecule has 206 valence electrons. The first-order chi connectivity index (χ1) is 18.5. The Kier molecular flexibility index (Phi) is 8.55. The molecule has 1 atom stereocenters. The van der Waals surface area contributed by atoms with Crippen LogP contribution < -0.4 is 9.64 Å². The second-order valence-electron chi connectivity index (χ2n) is 10.8. The van der Waals surface area contributed by atoms with Gasteiger partial charge >= 0.3 is 6.09 Å². The molecule has 39 heavy (non-hydrogen) atoms. The number of nitrogens with zero attached hydrogens (tertiary/aromatic N) is 3. The lowest BCUT2D eigenvalue weighted by Crippen LogP contribution is -2.54. The molecule has 0 N–H and O–H groups in total. The number of amides is 2. The van der Waals surface area contributed by atoms with Crippen molar-refractivity contribution in [2.75, 3.05) is 31.6 Å². The Morgan fingerprint density at radius 2 is 1.64 bits per heavy atom. The summed E-state index contributed by atoms with van der Waals surface area (Å²) in [6, 6.07) is 20.8. The van der Waals surface area contributed by atoms with Crippen LogP contribution in [0.15, 0.2) is 72.8 Å². The fourth-order valence-electron chi connectivity index (χ4n) is 4.48. The molecule has 0 saturated carbocycles. The van der Waals surface area contributed by atoms with Gasteiger partial charge in [0, 0.05) is 50.5 Å². The van der Waals surface area contributed by atoms with Crippen LogP contribution >= 0.6 is 0 Å². The maximum absolute atomic E-state index is 13.8. The van der Waals surface area contributed by atoms with Crippen molar-refractivity contribution in [3.8, 4) is 11.5 Å². The average Bonchev–Trinajstić information content (AvgIpc) is 2.89. The van der Waals surface area contributed by atoms with E-state index in [2.05, 4.69) is 4.90 Å². The van der Waals surface area contributed by atoms with Crippen molar-refractivity contribution in [2.45, 2.75) is 45.9 Å². The molecule has 3 aromatic carbocycles. The summed E-state index contributed by atoms with van der Waals surface area (Å²) in [7, 11) is 1.73. The van der Waals surface area contributed by atoms with Crippen LogP contribution in [0.25, 0.3) is 0 Å². The summed E-state index contributed by atoms with van der Waals surface area (Å²) in [4.78, 5) is 31.2. The maximum Gasteiger partial charge on any atom is 0.410 e. The number of rotatable bonds is 6. The fraction of sp³-hybridized carbons (Fsp3) is 0.355. The van der Waals surface area contributed by atoms with Crippen LogP contribution in [0.3, 0.4) is 0 Å². The SMILES string of the molecule is C[C@H]1CN(Cc2ccc(N(C)C(=O)c3ccc(Oc4ccccc4F)cc3)cc2)CCN1C(=O)OC(C)(C)C.